The molecule has 0 aliphatic carbocycles. The van der Waals surface area contributed by atoms with Crippen LogP contribution in [-0.4, -0.2) is 157 Å². The number of aromatic nitrogens is 6. The predicted octanol–water partition coefficient (Wildman–Crippen LogP) is 9.05. The highest BCUT2D eigenvalue weighted by atomic mass is 28.4. The SMILES string of the molecule is CC(C)(C)[Si](C)(C)OCCNC(=O)c1c(O)c2ncc(Cc3ccc(F)cc3)c3c2n(c1=O)CCN3.CN1CCn2c(=O)c(C(=O)NCCO)c(O)c3ncc(Cc4ccc(F)cc4)c1c32.CN1CCn2c(=O)c(C(=O)NCCO[Si](C)(C)C(C)(C)C)c(O)c3ncc(Cc4ccc(F)cc4)c1c32. The number of nitrogens with zero attached hydrogens (tertiary/aromatic N) is 8. The minimum Gasteiger partial charge on any atom is -0.505 e. The molecule has 9 aromatic rings. The summed E-state index contributed by atoms with van der Waals surface area (Å²) in [5.74, 6) is -4.35. The standard InChI is InChI=1S/C27H35FN4O4Si.C26H33FN4O4Si.C21H21FN4O4/c1-27(2,3)37(5,6)36-14-11-29-25(34)20-24(33)21-23-22(31(4)12-13-32(23)26(20)35)18(16-30-21)15-17-7-9-19(28)10-8-17;1-26(2,3)36(4,5)35-13-11-29-24(33)19-23(32)21-22-20(28-10-12-31(22)25(19)34)17(15-30-21)14-16-6-8-18(27)9-7-16;1-25-7-8-26-18-16(19(28)15(21(26)30)20(29)23-6-9-27)24-11-13(17(18)25)10-12-2-4-14(22)5-3-12/h7-10,16,33H,11-15H2,1-6H3,(H,29,34);6-9,15,28,32H,10-14H2,1-5H3,(H,29,33);2-5,11,27-28H,6-10H2,1H3,(H,23,29). The number of hydrogen-bond acceptors (Lipinski definition) is 18. The van der Waals surface area contributed by atoms with Crippen LogP contribution in [0.3, 0.4) is 0 Å². The minimum atomic E-state index is -1.97. The topological polar surface area (TPSA) is 310 Å². The van der Waals surface area contributed by atoms with Gasteiger partial charge in [-0.25, -0.2) is 13.2 Å². The number of hydrogen-bond donors (Lipinski definition) is 8. The molecular weight excluding hydrogens is 1360 g/mol. The molecule has 8 N–H and O–H groups in total. The average molecular weight is 1450 g/mol. The second-order valence-corrected chi connectivity index (χ2v) is 38.6. The van der Waals surface area contributed by atoms with E-state index < -0.39 is 68.3 Å². The smallest absolute Gasteiger partial charge is 0.267 e. The number of aromatic hydroxyl groups is 3. The Morgan fingerprint density at radius 2 is 0.816 bits per heavy atom. The van der Waals surface area contributed by atoms with E-state index in [-0.39, 0.29) is 87.0 Å². The second-order valence-electron chi connectivity index (χ2n) is 28.9. The monoisotopic (exact) mass is 1450 g/mol. The van der Waals surface area contributed by atoms with Crippen molar-refractivity contribution >= 4 is 84.5 Å². The van der Waals surface area contributed by atoms with Gasteiger partial charge in [-0.05, 0) is 89.4 Å². The van der Waals surface area contributed by atoms with Crippen LogP contribution in [0.5, 0.6) is 17.2 Å². The van der Waals surface area contributed by atoms with Crippen LogP contribution in [0.2, 0.25) is 36.3 Å². The van der Waals surface area contributed by atoms with Crippen molar-refractivity contribution in [3.63, 3.8) is 0 Å². The molecule has 0 saturated carbocycles. The van der Waals surface area contributed by atoms with Crippen LogP contribution in [0, 0.1) is 17.5 Å². The van der Waals surface area contributed by atoms with E-state index in [1.165, 1.54) is 50.1 Å². The summed E-state index contributed by atoms with van der Waals surface area (Å²) < 4.78 is 56.6. The minimum absolute atomic E-state index is 0.0340. The second kappa shape index (κ2) is 30.6. The van der Waals surface area contributed by atoms with Gasteiger partial charge in [0.15, 0.2) is 33.9 Å². The molecule has 0 unspecified atom stereocenters. The summed E-state index contributed by atoms with van der Waals surface area (Å²) in [5, 5.41) is 52.8. The quantitative estimate of drug-likeness (QED) is 0.0276. The summed E-state index contributed by atoms with van der Waals surface area (Å²) in [4.78, 5) is 95.4. The molecule has 24 nitrogen and oxygen atoms in total. The molecule has 0 radical (unpaired) electrons. The number of rotatable bonds is 19. The number of nitrogens with one attached hydrogen (secondary N) is 4. The van der Waals surface area contributed by atoms with Crippen molar-refractivity contribution in [2.45, 2.75) is 117 Å². The third-order valence-electron chi connectivity index (χ3n) is 19.9. The van der Waals surface area contributed by atoms with Gasteiger partial charge in [0.2, 0.25) is 0 Å². The number of anilines is 3. The fraction of sp³-hybridized carbons (Fsp3) is 0.392. The van der Waals surface area contributed by atoms with Gasteiger partial charge < -0.3 is 74.0 Å². The van der Waals surface area contributed by atoms with Gasteiger partial charge in [0, 0.05) is 128 Å². The van der Waals surface area contributed by atoms with Crippen molar-refractivity contribution in [2.24, 2.45) is 0 Å². The van der Waals surface area contributed by atoms with E-state index in [0.29, 0.717) is 94.0 Å². The first kappa shape index (κ1) is 75.7. The van der Waals surface area contributed by atoms with Crippen LogP contribution in [0.1, 0.15) is 106 Å². The third-order valence-corrected chi connectivity index (χ3v) is 29.0. The van der Waals surface area contributed by atoms with Crippen molar-refractivity contribution in [2.75, 3.05) is 88.3 Å². The number of carbonyl (C=O) groups excluding carboxylic acids is 3. The van der Waals surface area contributed by atoms with Crippen LogP contribution in [0.15, 0.2) is 106 Å². The molecular formula is C74H89F3N12O12Si2. The van der Waals surface area contributed by atoms with Crippen LogP contribution in [-0.2, 0) is 47.7 Å². The van der Waals surface area contributed by atoms with E-state index in [0.717, 1.165) is 44.8 Å². The highest BCUT2D eigenvalue weighted by Crippen LogP contribution is 2.41. The van der Waals surface area contributed by atoms with Gasteiger partial charge in [-0.3, -0.25) is 43.7 Å². The molecule has 3 aliphatic heterocycles. The van der Waals surface area contributed by atoms with Crippen LogP contribution in [0.4, 0.5) is 30.2 Å². The number of halogens is 3. The maximum Gasteiger partial charge on any atom is 0.267 e. The summed E-state index contributed by atoms with van der Waals surface area (Å²) in [7, 11) is -0.138. The summed E-state index contributed by atoms with van der Waals surface area (Å²) in [6, 6.07) is 18.6. The maximum absolute atomic E-state index is 13.4. The lowest BCUT2D eigenvalue weighted by atomic mass is 10.0. The first-order valence-electron chi connectivity index (χ1n) is 34.1. The predicted molar refractivity (Wildman–Crippen MR) is 396 cm³/mol. The summed E-state index contributed by atoms with van der Waals surface area (Å²) in [6.45, 7) is 24.7. The Labute approximate surface area is 595 Å². The Hall–Kier alpha value is -9.95. The van der Waals surface area contributed by atoms with Crippen LogP contribution >= 0.6 is 0 Å². The third kappa shape index (κ3) is 15.8. The van der Waals surface area contributed by atoms with Crippen molar-refractivity contribution in [1.82, 2.24) is 44.6 Å². The van der Waals surface area contributed by atoms with Gasteiger partial charge in [-0.15, -0.1) is 0 Å². The van der Waals surface area contributed by atoms with Gasteiger partial charge >= 0.3 is 0 Å². The largest absolute Gasteiger partial charge is 0.505 e. The van der Waals surface area contributed by atoms with E-state index in [1.807, 2.05) is 23.9 Å². The summed E-state index contributed by atoms with van der Waals surface area (Å²) in [6.07, 6.45) is 6.28. The zero-order chi connectivity index (χ0) is 74.8. The average Bonchev–Trinajstić information content (AvgIpc) is 0.739. The summed E-state index contributed by atoms with van der Waals surface area (Å²) in [5.41, 5.74) is 6.54. The van der Waals surface area contributed by atoms with Crippen LogP contribution in [0.25, 0.3) is 33.1 Å². The molecule has 0 saturated heterocycles. The molecule has 9 heterocycles. The number of likely N-dealkylation sites (N-methyl/N-ethyl adjacent to an activating group) is 2. The zero-order valence-corrected chi connectivity index (χ0v) is 62.0. The van der Waals surface area contributed by atoms with Crippen molar-refractivity contribution in [1.29, 1.82) is 0 Å². The van der Waals surface area contributed by atoms with E-state index in [9.17, 15) is 57.3 Å². The Morgan fingerprint density at radius 3 is 1.17 bits per heavy atom. The number of amides is 3. The zero-order valence-electron chi connectivity index (χ0n) is 60.0. The molecule has 3 aromatic carbocycles. The van der Waals surface area contributed by atoms with Gasteiger partial charge in [0.1, 0.15) is 50.7 Å². The lowest BCUT2D eigenvalue weighted by Crippen LogP contribution is -2.43. The Balaban J connectivity index is 0.000000167. The maximum atomic E-state index is 13.4. The molecule has 3 aliphatic rings. The highest BCUT2D eigenvalue weighted by Gasteiger charge is 2.39. The van der Waals surface area contributed by atoms with Crippen molar-refractivity contribution in [3.8, 4) is 17.2 Å². The molecule has 12 rings (SSSR count). The lowest BCUT2D eigenvalue weighted by Gasteiger charge is -2.36. The van der Waals surface area contributed by atoms with E-state index in [4.69, 9.17) is 14.0 Å². The Bertz CT molecular complexity index is 4920. The number of pyridine rings is 6. The van der Waals surface area contributed by atoms with E-state index in [2.05, 4.69) is 104 Å². The van der Waals surface area contributed by atoms with Crippen LogP contribution < -0.4 is 47.7 Å². The van der Waals surface area contributed by atoms with Gasteiger partial charge in [0.25, 0.3) is 34.4 Å². The molecule has 103 heavy (non-hydrogen) atoms. The van der Waals surface area contributed by atoms with E-state index >= 15 is 0 Å². The summed E-state index contributed by atoms with van der Waals surface area (Å²) >= 11 is 0. The fourth-order valence-electron chi connectivity index (χ4n) is 12.2. The molecule has 0 fully saturated rings. The normalized spacial score (nSPS) is 13.4. The Kier molecular flexibility index (Phi) is 22.5. The van der Waals surface area contributed by atoms with Gasteiger partial charge in [-0.1, -0.05) is 77.9 Å². The first-order valence-corrected chi connectivity index (χ1v) is 39.9. The molecule has 0 bridgehead atoms. The molecule has 546 valence electrons. The van der Waals surface area contributed by atoms with Crippen molar-refractivity contribution in [3.05, 3.63) is 190 Å². The number of benzene rings is 3. The first-order chi connectivity index (χ1) is 48.6. The molecule has 3 amide bonds. The van der Waals surface area contributed by atoms with Crippen molar-refractivity contribution < 1.29 is 56.8 Å². The fourth-order valence-corrected chi connectivity index (χ4v) is 14.3. The molecule has 6 aromatic heterocycles. The van der Waals surface area contributed by atoms with E-state index in [1.54, 1.807) is 55.0 Å². The Morgan fingerprint density at radius 1 is 0.495 bits per heavy atom. The number of carbonyl (C=O) groups is 3. The molecule has 0 spiro atoms. The number of aliphatic hydroxyl groups is 1. The van der Waals surface area contributed by atoms with Gasteiger partial charge in [-0.2, -0.15) is 0 Å². The molecule has 0 atom stereocenters. The number of aliphatic hydroxyl groups excluding tert-OH is 1. The lowest BCUT2D eigenvalue weighted by molar-refractivity contribution is 0.0932. The molecule has 29 heteroatoms. The highest BCUT2D eigenvalue weighted by molar-refractivity contribution is 6.74. The van der Waals surface area contributed by atoms with Gasteiger partial charge in [0.05, 0.1) is 53.4 Å².